The Kier molecular flexibility index (Phi) is 3.96. The highest BCUT2D eigenvalue weighted by molar-refractivity contribution is 9.10. The number of fused-ring (bicyclic) bond motifs is 1. The lowest BCUT2D eigenvalue weighted by Crippen LogP contribution is -2.24. The Bertz CT molecular complexity index is 645. The maximum atomic E-state index is 13.1. The predicted octanol–water partition coefficient (Wildman–Crippen LogP) is 3.91. The average Bonchev–Trinajstić information content (AvgIpc) is 3.03. The Morgan fingerprint density at radius 1 is 1.14 bits per heavy atom. The summed E-state index contributed by atoms with van der Waals surface area (Å²) in [5, 5.41) is 3.96. The van der Waals surface area contributed by atoms with Gasteiger partial charge in [-0.15, -0.1) is 0 Å². The number of hydrogen-bond acceptors (Lipinski definition) is 2. The molecule has 2 heterocycles. The topological polar surface area (TPSA) is 21.1 Å². The molecule has 1 saturated heterocycles. The molecule has 0 atom stereocenters. The van der Waals surface area contributed by atoms with Crippen LogP contribution in [0.2, 0.25) is 0 Å². The number of halogens is 4. The zero-order chi connectivity index (χ0) is 15.0. The van der Waals surface area contributed by atoms with Crippen LogP contribution in [0.4, 0.5) is 13.2 Å². The Balaban J connectivity index is 1.96. The van der Waals surface area contributed by atoms with Crippen LogP contribution in [0.15, 0.2) is 22.7 Å². The van der Waals surface area contributed by atoms with Crippen molar-refractivity contribution in [2.75, 3.05) is 19.6 Å². The van der Waals surface area contributed by atoms with Crippen molar-refractivity contribution in [1.82, 2.24) is 14.7 Å². The first-order chi connectivity index (χ1) is 9.97. The lowest BCUT2D eigenvalue weighted by Gasteiger charge is -2.14. The van der Waals surface area contributed by atoms with E-state index in [4.69, 9.17) is 0 Å². The summed E-state index contributed by atoms with van der Waals surface area (Å²) in [5.41, 5.74) is -0.290. The number of likely N-dealkylation sites (tertiary alicyclic amines) is 1. The van der Waals surface area contributed by atoms with Gasteiger partial charge in [0.15, 0.2) is 5.69 Å². The van der Waals surface area contributed by atoms with Crippen LogP contribution in [0, 0.1) is 0 Å². The van der Waals surface area contributed by atoms with Crippen molar-refractivity contribution >= 4 is 26.8 Å². The third kappa shape index (κ3) is 2.94. The van der Waals surface area contributed by atoms with Crippen LogP contribution in [0.1, 0.15) is 18.5 Å². The van der Waals surface area contributed by atoms with Gasteiger partial charge in [-0.25, -0.2) is 0 Å². The largest absolute Gasteiger partial charge is 0.435 e. The number of hydrogen-bond donors (Lipinski definition) is 0. The standard InChI is InChI=1S/C14H15BrF3N3/c15-10-4-3-5-11-12(10)13(14(16,17)18)19-21(11)9-8-20-6-1-2-7-20/h3-5H,1-2,6-9H2. The van der Waals surface area contributed by atoms with Crippen LogP contribution in [0.25, 0.3) is 10.9 Å². The van der Waals surface area contributed by atoms with E-state index in [0.717, 1.165) is 19.6 Å². The van der Waals surface area contributed by atoms with Gasteiger partial charge in [0.1, 0.15) is 0 Å². The van der Waals surface area contributed by atoms with E-state index >= 15 is 0 Å². The van der Waals surface area contributed by atoms with Crippen molar-refractivity contribution in [3.05, 3.63) is 28.4 Å². The molecule has 114 valence electrons. The fourth-order valence-corrected chi connectivity index (χ4v) is 3.34. The van der Waals surface area contributed by atoms with E-state index in [9.17, 15) is 13.2 Å². The minimum atomic E-state index is -4.44. The van der Waals surface area contributed by atoms with E-state index in [1.807, 2.05) is 0 Å². The highest BCUT2D eigenvalue weighted by Crippen LogP contribution is 2.37. The molecule has 1 aromatic heterocycles. The fraction of sp³-hybridized carbons (Fsp3) is 0.500. The second-order valence-electron chi connectivity index (χ2n) is 5.25. The van der Waals surface area contributed by atoms with Crippen molar-refractivity contribution < 1.29 is 13.2 Å². The third-order valence-corrected chi connectivity index (χ3v) is 4.48. The van der Waals surface area contributed by atoms with Gasteiger partial charge in [0.25, 0.3) is 0 Å². The van der Waals surface area contributed by atoms with E-state index in [1.165, 1.54) is 17.5 Å². The molecular formula is C14H15BrF3N3. The van der Waals surface area contributed by atoms with E-state index in [-0.39, 0.29) is 5.39 Å². The van der Waals surface area contributed by atoms with Crippen LogP contribution in [-0.2, 0) is 12.7 Å². The molecule has 3 nitrogen and oxygen atoms in total. The molecular weight excluding hydrogens is 347 g/mol. The summed E-state index contributed by atoms with van der Waals surface area (Å²) in [7, 11) is 0. The van der Waals surface area contributed by atoms with Gasteiger partial charge in [-0.2, -0.15) is 18.3 Å². The third-order valence-electron chi connectivity index (χ3n) is 3.82. The van der Waals surface area contributed by atoms with Gasteiger partial charge in [-0.3, -0.25) is 4.68 Å². The summed E-state index contributed by atoms with van der Waals surface area (Å²) in [6.07, 6.45) is -2.11. The number of rotatable bonds is 3. The van der Waals surface area contributed by atoms with Crippen molar-refractivity contribution in [2.45, 2.75) is 25.6 Å². The molecule has 0 aliphatic carbocycles. The second kappa shape index (κ2) is 5.61. The first kappa shape index (κ1) is 14.8. The zero-order valence-corrected chi connectivity index (χ0v) is 12.9. The molecule has 1 fully saturated rings. The summed E-state index contributed by atoms with van der Waals surface area (Å²) in [6, 6.07) is 5.04. The van der Waals surface area contributed by atoms with Gasteiger partial charge in [0, 0.05) is 16.4 Å². The Hall–Kier alpha value is -1.08. The molecule has 0 unspecified atom stereocenters. The molecule has 1 aliphatic heterocycles. The summed E-state index contributed by atoms with van der Waals surface area (Å²) >= 11 is 3.21. The number of nitrogens with zero attached hydrogens (tertiary/aromatic N) is 3. The normalized spacial score (nSPS) is 17.0. The lowest BCUT2D eigenvalue weighted by atomic mass is 10.2. The molecule has 1 aliphatic rings. The zero-order valence-electron chi connectivity index (χ0n) is 11.3. The SMILES string of the molecule is FC(F)(F)c1nn(CCN2CCCC2)c2cccc(Br)c12. The monoisotopic (exact) mass is 361 g/mol. The van der Waals surface area contributed by atoms with Crippen LogP contribution < -0.4 is 0 Å². The molecule has 0 spiro atoms. The fourth-order valence-electron chi connectivity index (χ4n) is 2.80. The minimum absolute atomic E-state index is 0.145. The van der Waals surface area contributed by atoms with Crippen molar-refractivity contribution in [3.8, 4) is 0 Å². The van der Waals surface area contributed by atoms with E-state index < -0.39 is 11.9 Å². The van der Waals surface area contributed by atoms with Gasteiger partial charge >= 0.3 is 6.18 Å². The molecule has 0 saturated carbocycles. The molecule has 21 heavy (non-hydrogen) atoms. The van der Waals surface area contributed by atoms with Crippen molar-refractivity contribution in [1.29, 1.82) is 0 Å². The number of alkyl halides is 3. The van der Waals surface area contributed by atoms with E-state index in [1.54, 1.807) is 18.2 Å². The van der Waals surface area contributed by atoms with E-state index in [2.05, 4.69) is 25.9 Å². The van der Waals surface area contributed by atoms with E-state index in [0.29, 0.717) is 16.5 Å². The molecule has 0 radical (unpaired) electrons. The summed E-state index contributed by atoms with van der Waals surface area (Å²) in [6.45, 7) is 3.26. The van der Waals surface area contributed by atoms with Crippen LogP contribution in [-0.4, -0.2) is 34.3 Å². The summed E-state index contributed by atoms with van der Waals surface area (Å²) in [4.78, 5) is 2.26. The highest BCUT2D eigenvalue weighted by Gasteiger charge is 2.37. The smallest absolute Gasteiger partial charge is 0.301 e. The van der Waals surface area contributed by atoms with Gasteiger partial charge in [-0.05, 0) is 38.1 Å². The molecule has 3 rings (SSSR count). The van der Waals surface area contributed by atoms with Gasteiger partial charge in [0.05, 0.1) is 12.1 Å². The van der Waals surface area contributed by atoms with Gasteiger partial charge < -0.3 is 4.90 Å². The first-order valence-corrected chi connectivity index (χ1v) is 7.71. The molecule has 1 aromatic carbocycles. The molecule has 0 N–H and O–H groups in total. The maximum Gasteiger partial charge on any atom is 0.435 e. The Labute approximate surface area is 128 Å². The second-order valence-corrected chi connectivity index (χ2v) is 6.11. The summed E-state index contributed by atoms with van der Waals surface area (Å²) < 4.78 is 41.3. The minimum Gasteiger partial charge on any atom is -0.301 e. The Morgan fingerprint density at radius 3 is 2.52 bits per heavy atom. The quantitative estimate of drug-likeness (QED) is 0.826. The maximum absolute atomic E-state index is 13.1. The lowest BCUT2D eigenvalue weighted by molar-refractivity contribution is -0.140. The highest BCUT2D eigenvalue weighted by atomic mass is 79.9. The average molecular weight is 362 g/mol. The van der Waals surface area contributed by atoms with Crippen molar-refractivity contribution in [2.24, 2.45) is 0 Å². The molecule has 0 bridgehead atoms. The summed E-state index contributed by atoms with van der Waals surface area (Å²) in [5.74, 6) is 0. The molecule has 2 aromatic rings. The van der Waals surface area contributed by atoms with Crippen LogP contribution >= 0.6 is 15.9 Å². The van der Waals surface area contributed by atoms with Crippen LogP contribution in [0.3, 0.4) is 0 Å². The van der Waals surface area contributed by atoms with Gasteiger partial charge in [0.2, 0.25) is 0 Å². The Morgan fingerprint density at radius 2 is 1.86 bits per heavy atom. The van der Waals surface area contributed by atoms with Gasteiger partial charge in [-0.1, -0.05) is 22.0 Å². The number of benzene rings is 1. The first-order valence-electron chi connectivity index (χ1n) is 6.91. The molecule has 0 amide bonds. The molecule has 7 heteroatoms. The number of aromatic nitrogens is 2. The van der Waals surface area contributed by atoms with Crippen molar-refractivity contribution in [3.63, 3.8) is 0 Å². The predicted molar refractivity (Wildman–Crippen MR) is 78.1 cm³/mol. The van der Waals surface area contributed by atoms with Crippen LogP contribution in [0.5, 0.6) is 0 Å².